The van der Waals surface area contributed by atoms with Crippen LogP contribution in [0.3, 0.4) is 0 Å². The molecule has 0 heterocycles. The zero-order valence-electron chi connectivity index (χ0n) is 13.7. The molecule has 0 saturated carbocycles. The second-order valence-corrected chi connectivity index (χ2v) is 5.80. The fraction of sp³-hybridized carbons (Fsp3) is 0.667. The van der Waals surface area contributed by atoms with Gasteiger partial charge in [-0.1, -0.05) is 51.5 Å². The third-order valence-electron chi connectivity index (χ3n) is 3.66. The number of aliphatic hydroxyl groups is 1. The van der Waals surface area contributed by atoms with Crippen LogP contribution in [-0.2, 0) is 16.1 Å². The quantitative estimate of drug-likeness (QED) is 0.632. The van der Waals surface area contributed by atoms with Crippen molar-refractivity contribution in [1.82, 2.24) is 0 Å². The molecule has 0 spiro atoms. The lowest BCUT2D eigenvalue weighted by atomic mass is 9.88. The van der Waals surface area contributed by atoms with Crippen LogP contribution in [0.4, 0.5) is 0 Å². The number of benzene rings is 1. The van der Waals surface area contributed by atoms with E-state index in [9.17, 15) is 5.11 Å². The van der Waals surface area contributed by atoms with Crippen molar-refractivity contribution in [1.29, 1.82) is 0 Å². The van der Waals surface area contributed by atoms with Crippen molar-refractivity contribution in [2.75, 3.05) is 26.4 Å². The minimum Gasteiger partial charge on any atom is -0.396 e. The molecule has 1 atom stereocenters. The number of rotatable bonds is 11. The fourth-order valence-corrected chi connectivity index (χ4v) is 2.27. The van der Waals surface area contributed by atoms with E-state index in [1.807, 2.05) is 6.07 Å². The summed E-state index contributed by atoms with van der Waals surface area (Å²) in [5.41, 5.74) is 2.34. The van der Waals surface area contributed by atoms with Crippen LogP contribution in [0.1, 0.15) is 50.7 Å². The number of ether oxygens (including phenoxy) is 2. The summed E-state index contributed by atoms with van der Waals surface area (Å²) < 4.78 is 11.1. The average molecular weight is 294 g/mol. The largest absolute Gasteiger partial charge is 0.396 e. The van der Waals surface area contributed by atoms with Gasteiger partial charge in [0.05, 0.1) is 26.4 Å². The topological polar surface area (TPSA) is 38.7 Å². The summed E-state index contributed by atoms with van der Waals surface area (Å²) in [6.07, 6.45) is 2.27. The van der Waals surface area contributed by atoms with E-state index in [1.54, 1.807) is 0 Å². The molecule has 0 radical (unpaired) electrons. The summed E-state index contributed by atoms with van der Waals surface area (Å²) in [6, 6.07) is 8.32. The molecule has 1 unspecified atom stereocenters. The van der Waals surface area contributed by atoms with Gasteiger partial charge in [0, 0.05) is 12.5 Å². The van der Waals surface area contributed by atoms with Gasteiger partial charge in [-0.15, -0.1) is 0 Å². The Morgan fingerprint density at radius 1 is 1.10 bits per heavy atom. The Balaban J connectivity index is 2.35. The average Bonchev–Trinajstić information content (AvgIpc) is 2.47. The van der Waals surface area contributed by atoms with Gasteiger partial charge < -0.3 is 14.6 Å². The summed E-state index contributed by atoms with van der Waals surface area (Å²) in [7, 11) is 0. The number of aliphatic hydroxyl groups excluding tert-OH is 1. The van der Waals surface area contributed by atoms with Crippen LogP contribution in [0.15, 0.2) is 24.3 Å². The zero-order valence-corrected chi connectivity index (χ0v) is 13.7. The Hall–Kier alpha value is -0.900. The lowest BCUT2D eigenvalue weighted by Gasteiger charge is -2.19. The Kier molecular flexibility index (Phi) is 9.31. The molecule has 1 aromatic carbocycles. The van der Waals surface area contributed by atoms with Gasteiger partial charge in [0.15, 0.2) is 0 Å². The molecule has 0 bridgehead atoms. The molecule has 1 aromatic rings. The van der Waals surface area contributed by atoms with Crippen LogP contribution in [0, 0.1) is 5.92 Å². The lowest BCUT2D eigenvalue weighted by Crippen LogP contribution is -2.11. The number of hydrogen-bond acceptors (Lipinski definition) is 3. The maximum absolute atomic E-state index is 9.51. The van der Waals surface area contributed by atoms with E-state index in [2.05, 4.69) is 39.0 Å². The minimum atomic E-state index is 0.188. The summed E-state index contributed by atoms with van der Waals surface area (Å²) >= 11 is 0. The first kappa shape index (κ1) is 18.1. The van der Waals surface area contributed by atoms with Crippen LogP contribution >= 0.6 is 0 Å². The molecule has 0 aliphatic carbocycles. The van der Waals surface area contributed by atoms with Gasteiger partial charge in [-0.2, -0.15) is 0 Å². The van der Waals surface area contributed by atoms with Crippen molar-refractivity contribution in [2.24, 2.45) is 5.92 Å². The molecule has 0 aliphatic heterocycles. The number of hydrogen-bond donors (Lipinski definition) is 1. The van der Waals surface area contributed by atoms with Gasteiger partial charge in [0.1, 0.15) is 0 Å². The summed E-state index contributed by atoms with van der Waals surface area (Å²) in [5.74, 6) is 0.625. The van der Waals surface area contributed by atoms with Crippen molar-refractivity contribution in [2.45, 2.75) is 46.1 Å². The molecular formula is C18H30O3. The first-order valence-corrected chi connectivity index (χ1v) is 8.04. The summed E-state index contributed by atoms with van der Waals surface area (Å²) in [5, 5.41) is 9.51. The maximum atomic E-state index is 9.51. The third kappa shape index (κ3) is 7.07. The SMILES string of the molecule is CCCCOCCOCc1cccc(C(CO)C(C)C)c1. The lowest BCUT2D eigenvalue weighted by molar-refractivity contribution is 0.0396. The first-order valence-electron chi connectivity index (χ1n) is 8.04. The fourth-order valence-electron chi connectivity index (χ4n) is 2.27. The molecule has 3 nitrogen and oxygen atoms in total. The van der Waals surface area contributed by atoms with Crippen LogP contribution in [0.2, 0.25) is 0 Å². The monoisotopic (exact) mass is 294 g/mol. The zero-order chi connectivity index (χ0) is 15.5. The summed E-state index contributed by atoms with van der Waals surface area (Å²) in [6.45, 7) is 9.32. The van der Waals surface area contributed by atoms with Crippen molar-refractivity contribution >= 4 is 0 Å². The molecular weight excluding hydrogens is 264 g/mol. The van der Waals surface area contributed by atoms with E-state index in [1.165, 1.54) is 5.56 Å². The Morgan fingerprint density at radius 3 is 2.52 bits per heavy atom. The Labute approximate surface area is 129 Å². The molecule has 120 valence electrons. The van der Waals surface area contributed by atoms with Crippen LogP contribution in [0.25, 0.3) is 0 Å². The van der Waals surface area contributed by atoms with Crippen molar-refractivity contribution in [3.8, 4) is 0 Å². The normalized spacial score (nSPS) is 12.8. The van der Waals surface area contributed by atoms with Gasteiger partial charge in [0.25, 0.3) is 0 Å². The predicted molar refractivity (Wildman–Crippen MR) is 86.5 cm³/mol. The van der Waals surface area contributed by atoms with Crippen molar-refractivity contribution in [3.63, 3.8) is 0 Å². The van der Waals surface area contributed by atoms with Gasteiger partial charge in [-0.3, -0.25) is 0 Å². The van der Waals surface area contributed by atoms with Crippen LogP contribution in [-0.4, -0.2) is 31.5 Å². The highest BCUT2D eigenvalue weighted by Crippen LogP contribution is 2.24. The molecule has 0 amide bonds. The summed E-state index contributed by atoms with van der Waals surface area (Å²) in [4.78, 5) is 0. The molecule has 0 saturated heterocycles. The van der Waals surface area contributed by atoms with Crippen molar-refractivity contribution in [3.05, 3.63) is 35.4 Å². The van der Waals surface area contributed by atoms with E-state index >= 15 is 0 Å². The van der Waals surface area contributed by atoms with Gasteiger partial charge >= 0.3 is 0 Å². The molecule has 0 fully saturated rings. The molecule has 3 heteroatoms. The second kappa shape index (κ2) is 10.8. The Morgan fingerprint density at radius 2 is 1.86 bits per heavy atom. The maximum Gasteiger partial charge on any atom is 0.0718 e. The van der Waals surface area contributed by atoms with E-state index in [-0.39, 0.29) is 12.5 Å². The van der Waals surface area contributed by atoms with Crippen molar-refractivity contribution < 1.29 is 14.6 Å². The molecule has 1 rings (SSSR count). The Bertz CT molecular complexity index is 376. The molecule has 1 N–H and O–H groups in total. The van der Waals surface area contributed by atoms with Crippen LogP contribution < -0.4 is 0 Å². The highest BCUT2D eigenvalue weighted by atomic mass is 16.5. The molecule has 0 aliphatic rings. The minimum absolute atomic E-state index is 0.188. The molecule has 0 aromatic heterocycles. The molecule has 21 heavy (non-hydrogen) atoms. The van der Waals surface area contributed by atoms with Gasteiger partial charge in [-0.05, 0) is 23.5 Å². The first-order chi connectivity index (χ1) is 10.2. The van der Waals surface area contributed by atoms with Crippen LogP contribution in [0.5, 0.6) is 0 Å². The predicted octanol–water partition coefficient (Wildman–Crippen LogP) is 3.75. The standard InChI is InChI=1S/C18H30O3/c1-4-5-9-20-10-11-21-14-16-7-6-8-17(12-16)18(13-19)15(2)3/h6-8,12,15,18-19H,4-5,9-11,13-14H2,1-3H3. The second-order valence-electron chi connectivity index (χ2n) is 5.80. The smallest absolute Gasteiger partial charge is 0.0718 e. The number of unbranched alkanes of at least 4 members (excludes halogenated alkanes) is 1. The highest BCUT2D eigenvalue weighted by molar-refractivity contribution is 5.26. The van der Waals surface area contributed by atoms with E-state index in [0.717, 1.165) is 25.0 Å². The van der Waals surface area contributed by atoms with E-state index in [0.29, 0.717) is 25.7 Å². The van der Waals surface area contributed by atoms with E-state index < -0.39 is 0 Å². The van der Waals surface area contributed by atoms with Gasteiger partial charge in [0.2, 0.25) is 0 Å². The highest BCUT2D eigenvalue weighted by Gasteiger charge is 2.14. The van der Waals surface area contributed by atoms with E-state index in [4.69, 9.17) is 9.47 Å². The van der Waals surface area contributed by atoms with Gasteiger partial charge in [-0.25, -0.2) is 0 Å². The third-order valence-corrected chi connectivity index (χ3v) is 3.66.